The normalized spacial score (nSPS) is 10.2. The fraction of sp³-hybridized carbons (Fsp3) is 0.0526. The Morgan fingerprint density at radius 3 is 2.44 bits per heavy atom. The Hall–Kier alpha value is -3.05. The standard InChI is InChI=1S/C19H16N4O.ClH/c1-2-7-14(8-3-1)21-19-22-17-11-5-4-10-16(17)18(23-19)20-13-15-9-6-12-24-15;/h1-12H,13H2,(H2,20,21,22,23);1H/p-1. The van der Waals surface area contributed by atoms with Gasteiger partial charge in [-0.25, -0.2) is 4.98 Å². The summed E-state index contributed by atoms with van der Waals surface area (Å²) in [5.74, 6) is 2.19. The van der Waals surface area contributed by atoms with Crippen molar-refractivity contribution in [3.63, 3.8) is 0 Å². The third-order valence-corrected chi connectivity index (χ3v) is 3.64. The SMILES string of the molecule is [Cl-].c1ccc(Nc2nc(NCc3ccco3)c3ccccc3n2)cc1. The second-order valence-electron chi connectivity index (χ2n) is 5.34. The van der Waals surface area contributed by atoms with Crippen LogP contribution in [0.3, 0.4) is 0 Å². The van der Waals surface area contributed by atoms with Crippen LogP contribution in [0.4, 0.5) is 17.5 Å². The van der Waals surface area contributed by atoms with Gasteiger partial charge in [0.25, 0.3) is 0 Å². The lowest BCUT2D eigenvalue weighted by Crippen LogP contribution is -3.00. The first-order valence-electron chi connectivity index (χ1n) is 7.73. The molecule has 6 heteroatoms. The van der Waals surface area contributed by atoms with Crippen molar-refractivity contribution in [1.82, 2.24) is 9.97 Å². The van der Waals surface area contributed by atoms with E-state index < -0.39 is 0 Å². The molecule has 0 fully saturated rings. The van der Waals surface area contributed by atoms with E-state index in [0.29, 0.717) is 12.5 Å². The van der Waals surface area contributed by atoms with Crippen LogP contribution in [0.15, 0.2) is 77.4 Å². The monoisotopic (exact) mass is 351 g/mol. The van der Waals surface area contributed by atoms with E-state index in [4.69, 9.17) is 4.42 Å². The van der Waals surface area contributed by atoms with Crippen molar-refractivity contribution in [2.45, 2.75) is 6.54 Å². The zero-order valence-corrected chi connectivity index (χ0v) is 14.1. The number of para-hydroxylation sites is 2. The van der Waals surface area contributed by atoms with Gasteiger partial charge >= 0.3 is 0 Å². The number of fused-ring (bicyclic) bond motifs is 1. The molecule has 5 nitrogen and oxygen atoms in total. The molecular formula is C19H16ClN4O-. The maximum absolute atomic E-state index is 5.37. The molecule has 0 saturated heterocycles. The molecule has 0 aliphatic carbocycles. The van der Waals surface area contributed by atoms with Gasteiger partial charge in [-0.05, 0) is 36.4 Å². The molecule has 0 spiro atoms. The minimum absolute atomic E-state index is 0. The highest BCUT2D eigenvalue weighted by molar-refractivity contribution is 5.90. The molecule has 0 saturated carbocycles. The maximum Gasteiger partial charge on any atom is 0.229 e. The smallest absolute Gasteiger partial charge is 0.229 e. The molecule has 2 aromatic carbocycles. The molecule has 0 aliphatic rings. The molecule has 2 N–H and O–H groups in total. The molecule has 4 rings (SSSR count). The largest absolute Gasteiger partial charge is 1.00 e. The molecule has 0 atom stereocenters. The fourth-order valence-corrected chi connectivity index (χ4v) is 2.50. The van der Waals surface area contributed by atoms with Crippen molar-refractivity contribution in [3.8, 4) is 0 Å². The summed E-state index contributed by atoms with van der Waals surface area (Å²) in [4.78, 5) is 9.21. The van der Waals surface area contributed by atoms with E-state index in [0.717, 1.165) is 28.2 Å². The first kappa shape index (κ1) is 16.8. The van der Waals surface area contributed by atoms with Crippen LogP contribution in [-0.4, -0.2) is 9.97 Å². The van der Waals surface area contributed by atoms with Crippen LogP contribution in [0, 0.1) is 0 Å². The lowest BCUT2D eigenvalue weighted by molar-refractivity contribution is -0.00000538. The van der Waals surface area contributed by atoms with E-state index in [1.165, 1.54) is 0 Å². The summed E-state index contributed by atoms with van der Waals surface area (Å²) in [5.41, 5.74) is 1.83. The number of aromatic nitrogens is 2. The van der Waals surface area contributed by atoms with Gasteiger partial charge in [0.05, 0.1) is 18.3 Å². The van der Waals surface area contributed by atoms with Crippen molar-refractivity contribution in [3.05, 3.63) is 78.8 Å². The highest BCUT2D eigenvalue weighted by Crippen LogP contribution is 2.24. The van der Waals surface area contributed by atoms with Crippen LogP contribution in [0.25, 0.3) is 10.9 Å². The Bertz CT molecular complexity index is 942. The van der Waals surface area contributed by atoms with E-state index in [1.54, 1.807) is 6.26 Å². The first-order valence-corrected chi connectivity index (χ1v) is 7.73. The third kappa shape index (κ3) is 3.89. The summed E-state index contributed by atoms with van der Waals surface area (Å²) in [7, 11) is 0. The summed E-state index contributed by atoms with van der Waals surface area (Å²) in [6.45, 7) is 0.568. The molecule has 0 unspecified atom stereocenters. The van der Waals surface area contributed by atoms with Crippen molar-refractivity contribution in [1.29, 1.82) is 0 Å². The number of hydrogen-bond acceptors (Lipinski definition) is 5. The summed E-state index contributed by atoms with van der Waals surface area (Å²) >= 11 is 0. The number of halogens is 1. The fourth-order valence-electron chi connectivity index (χ4n) is 2.50. The van der Waals surface area contributed by atoms with Crippen LogP contribution in [0.2, 0.25) is 0 Å². The van der Waals surface area contributed by atoms with E-state index in [9.17, 15) is 0 Å². The summed E-state index contributed by atoms with van der Waals surface area (Å²) in [6.07, 6.45) is 1.66. The van der Waals surface area contributed by atoms with Crippen LogP contribution >= 0.6 is 0 Å². The van der Waals surface area contributed by atoms with Gasteiger partial charge in [0.15, 0.2) is 0 Å². The molecule has 0 radical (unpaired) electrons. The van der Waals surface area contributed by atoms with Crippen LogP contribution in [0.1, 0.15) is 5.76 Å². The summed E-state index contributed by atoms with van der Waals surface area (Å²) in [6, 6.07) is 21.6. The molecule has 25 heavy (non-hydrogen) atoms. The van der Waals surface area contributed by atoms with Gasteiger partial charge in [0, 0.05) is 11.1 Å². The predicted molar refractivity (Wildman–Crippen MR) is 95.3 cm³/mol. The second-order valence-corrected chi connectivity index (χ2v) is 5.34. The van der Waals surface area contributed by atoms with Crippen LogP contribution < -0.4 is 23.0 Å². The molecule has 2 heterocycles. The number of furan rings is 1. The number of benzene rings is 2. The van der Waals surface area contributed by atoms with Crippen molar-refractivity contribution >= 4 is 28.4 Å². The molecule has 0 bridgehead atoms. The Morgan fingerprint density at radius 1 is 0.840 bits per heavy atom. The minimum atomic E-state index is 0. The highest BCUT2D eigenvalue weighted by Gasteiger charge is 2.08. The highest BCUT2D eigenvalue weighted by atomic mass is 35.5. The predicted octanol–water partition coefficient (Wildman–Crippen LogP) is 1.58. The zero-order chi connectivity index (χ0) is 16.2. The van der Waals surface area contributed by atoms with Crippen molar-refractivity contribution < 1.29 is 16.8 Å². The summed E-state index contributed by atoms with van der Waals surface area (Å²) < 4.78 is 5.37. The van der Waals surface area contributed by atoms with Crippen molar-refractivity contribution in [2.24, 2.45) is 0 Å². The summed E-state index contributed by atoms with van der Waals surface area (Å²) in [5, 5.41) is 7.55. The van der Waals surface area contributed by atoms with Crippen LogP contribution in [0.5, 0.6) is 0 Å². The number of nitrogens with one attached hydrogen (secondary N) is 2. The van der Waals surface area contributed by atoms with E-state index in [1.807, 2.05) is 66.7 Å². The number of hydrogen-bond donors (Lipinski definition) is 2. The first-order chi connectivity index (χ1) is 11.9. The molecule has 126 valence electrons. The number of anilines is 3. The van der Waals surface area contributed by atoms with Gasteiger partial charge in [-0.1, -0.05) is 30.3 Å². The Labute approximate surface area is 151 Å². The average molecular weight is 352 g/mol. The second kappa shape index (κ2) is 7.68. The lowest BCUT2D eigenvalue weighted by atomic mass is 10.2. The van der Waals surface area contributed by atoms with Crippen LogP contribution in [-0.2, 0) is 6.54 Å². The van der Waals surface area contributed by atoms with Gasteiger partial charge in [0.2, 0.25) is 5.95 Å². The Balaban J connectivity index is 0.00000182. The number of nitrogens with zero attached hydrogens (tertiary/aromatic N) is 2. The maximum atomic E-state index is 5.37. The third-order valence-electron chi connectivity index (χ3n) is 3.64. The quantitative estimate of drug-likeness (QED) is 0.571. The zero-order valence-electron chi connectivity index (χ0n) is 13.3. The van der Waals surface area contributed by atoms with Crippen molar-refractivity contribution in [2.75, 3.05) is 10.6 Å². The molecule has 4 aromatic rings. The molecular weight excluding hydrogens is 336 g/mol. The molecule has 2 aromatic heterocycles. The Morgan fingerprint density at radius 2 is 1.64 bits per heavy atom. The van der Waals surface area contributed by atoms with Gasteiger partial charge in [-0.15, -0.1) is 0 Å². The van der Waals surface area contributed by atoms with Gasteiger partial charge in [-0.2, -0.15) is 4.98 Å². The number of rotatable bonds is 5. The average Bonchev–Trinajstić information content (AvgIpc) is 3.14. The van der Waals surface area contributed by atoms with Gasteiger partial charge in [0.1, 0.15) is 11.6 Å². The Kier molecular flexibility index (Phi) is 5.16. The van der Waals surface area contributed by atoms with Gasteiger partial charge in [-0.3, -0.25) is 0 Å². The van der Waals surface area contributed by atoms with E-state index in [2.05, 4.69) is 20.6 Å². The lowest BCUT2D eigenvalue weighted by Gasteiger charge is -2.11. The van der Waals surface area contributed by atoms with E-state index in [-0.39, 0.29) is 12.4 Å². The van der Waals surface area contributed by atoms with Gasteiger partial charge < -0.3 is 27.5 Å². The van der Waals surface area contributed by atoms with E-state index >= 15 is 0 Å². The molecule has 0 amide bonds. The topological polar surface area (TPSA) is 63.0 Å². The molecule has 0 aliphatic heterocycles. The minimum Gasteiger partial charge on any atom is -1.00 e.